The van der Waals surface area contributed by atoms with Crippen LogP contribution >= 0.6 is 11.3 Å². The Balaban J connectivity index is 2.18. The minimum atomic E-state index is -3.44. The first-order valence-electron chi connectivity index (χ1n) is 5.06. The number of aromatic amines is 1. The highest BCUT2D eigenvalue weighted by molar-refractivity contribution is 7.91. The van der Waals surface area contributed by atoms with E-state index in [0.717, 1.165) is 10.4 Å². The maximum atomic E-state index is 12.0. The number of nitrogens with one attached hydrogen (secondary N) is 2. The van der Waals surface area contributed by atoms with Crippen LogP contribution in [-0.4, -0.2) is 18.6 Å². The van der Waals surface area contributed by atoms with Gasteiger partial charge in [-0.2, -0.15) is 5.10 Å². The molecule has 0 fully saturated rings. The number of H-pyrrole nitrogens is 1. The molecule has 2 N–H and O–H groups in total. The van der Waals surface area contributed by atoms with Crippen LogP contribution in [0, 0.1) is 6.92 Å². The van der Waals surface area contributed by atoms with Crippen molar-refractivity contribution >= 4 is 21.4 Å². The Morgan fingerprint density at radius 3 is 2.76 bits per heavy atom. The van der Waals surface area contributed by atoms with Crippen molar-refractivity contribution in [1.82, 2.24) is 14.9 Å². The summed E-state index contributed by atoms with van der Waals surface area (Å²) in [5.74, 6) is 0. The van der Waals surface area contributed by atoms with Gasteiger partial charge in [0, 0.05) is 22.7 Å². The first-order valence-corrected chi connectivity index (χ1v) is 7.36. The van der Waals surface area contributed by atoms with Gasteiger partial charge in [-0.05, 0) is 26.0 Å². The lowest BCUT2D eigenvalue weighted by Gasteiger charge is -2.11. The lowest BCUT2D eigenvalue weighted by molar-refractivity contribution is 0.569. The highest BCUT2D eigenvalue weighted by atomic mass is 32.2. The lowest BCUT2D eigenvalue weighted by atomic mass is 10.2. The Bertz CT molecular complexity index is 587. The van der Waals surface area contributed by atoms with Gasteiger partial charge in [0.15, 0.2) is 0 Å². The van der Waals surface area contributed by atoms with Gasteiger partial charge in [0.25, 0.3) is 10.0 Å². The summed E-state index contributed by atoms with van der Waals surface area (Å²) in [5.41, 5.74) is 0.807. The summed E-state index contributed by atoms with van der Waals surface area (Å²) in [5, 5.41) is 6.45. The number of rotatable bonds is 4. The molecule has 0 bridgehead atoms. The maximum Gasteiger partial charge on any atom is 0.250 e. The molecule has 0 amide bonds. The Labute approximate surface area is 104 Å². The minimum absolute atomic E-state index is 0.304. The molecule has 0 aliphatic rings. The average molecular weight is 271 g/mol. The van der Waals surface area contributed by atoms with E-state index in [9.17, 15) is 8.42 Å². The Morgan fingerprint density at radius 2 is 2.24 bits per heavy atom. The summed E-state index contributed by atoms with van der Waals surface area (Å²) >= 11 is 1.26. The fraction of sp³-hybridized carbons (Fsp3) is 0.300. The molecule has 5 nitrogen and oxygen atoms in total. The smallest absolute Gasteiger partial charge is 0.250 e. The van der Waals surface area contributed by atoms with Gasteiger partial charge in [-0.25, -0.2) is 13.1 Å². The summed E-state index contributed by atoms with van der Waals surface area (Å²) in [6.45, 7) is 3.66. The van der Waals surface area contributed by atoms with E-state index in [1.54, 1.807) is 31.5 Å². The summed E-state index contributed by atoms with van der Waals surface area (Å²) in [7, 11) is -3.44. The fourth-order valence-corrected chi connectivity index (χ4v) is 3.94. The van der Waals surface area contributed by atoms with E-state index in [-0.39, 0.29) is 6.04 Å². The van der Waals surface area contributed by atoms with Crippen LogP contribution in [-0.2, 0) is 10.0 Å². The quantitative estimate of drug-likeness (QED) is 0.890. The van der Waals surface area contributed by atoms with Crippen LogP contribution in [0.25, 0.3) is 0 Å². The third-order valence-electron chi connectivity index (χ3n) is 2.33. The molecule has 2 aromatic rings. The second-order valence-electron chi connectivity index (χ2n) is 3.74. The molecule has 2 rings (SSSR count). The molecule has 0 spiro atoms. The van der Waals surface area contributed by atoms with Crippen molar-refractivity contribution in [2.75, 3.05) is 0 Å². The first-order chi connectivity index (χ1) is 7.99. The van der Waals surface area contributed by atoms with E-state index in [1.807, 2.05) is 6.92 Å². The number of nitrogens with zero attached hydrogens (tertiary/aromatic N) is 1. The average Bonchev–Trinajstić information content (AvgIpc) is 2.86. The van der Waals surface area contributed by atoms with Crippen molar-refractivity contribution in [3.8, 4) is 0 Å². The molecule has 2 heterocycles. The molecule has 0 aromatic carbocycles. The van der Waals surface area contributed by atoms with E-state index >= 15 is 0 Å². The first kappa shape index (κ1) is 12.3. The van der Waals surface area contributed by atoms with Crippen molar-refractivity contribution in [3.05, 3.63) is 35.0 Å². The van der Waals surface area contributed by atoms with Gasteiger partial charge in [-0.3, -0.25) is 5.10 Å². The topological polar surface area (TPSA) is 74.8 Å². The van der Waals surface area contributed by atoms with Crippen LogP contribution in [0.3, 0.4) is 0 Å². The SMILES string of the molecule is Cc1ccc(S(=O)(=O)NC(C)c2cn[nH]c2)s1. The van der Waals surface area contributed by atoms with E-state index in [4.69, 9.17) is 0 Å². The lowest BCUT2D eigenvalue weighted by Crippen LogP contribution is -2.25. The molecule has 92 valence electrons. The van der Waals surface area contributed by atoms with E-state index in [1.165, 1.54) is 11.3 Å². The van der Waals surface area contributed by atoms with Crippen molar-refractivity contribution in [1.29, 1.82) is 0 Å². The Hall–Kier alpha value is -1.18. The van der Waals surface area contributed by atoms with Gasteiger partial charge in [-0.1, -0.05) is 0 Å². The van der Waals surface area contributed by atoms with Gasteiger partial charge >= 0.3 is 0 Å². The third kappa shape index (κ3) is 2.74. The third-order valence-corrected chi connectivity index (χ3v) is 5.37. The maximum absolute atomic E-state index is 12.0. The molecular formula is C10H13N3O2S2. The van der Waals surface area contributed by atoms with Gasteiger partial charge < -0.3 is 0 Å². The normalized spacial score (nSPS) is 13.8. The number of aromatic nitrogens is 2. The Kier molecular flexibility index (Phi) is 3.32. The van der Waals surface area contributed by atoms with Gasteiger partial charge in [-0.15, -0.1) is 11.3 Å². The van der Waals surface area contributed by atoms with Crippen LogP contribution < -0.4 is 4.72 Å². The van der Waals surface area contributed by atoms with Crippen LogP contribution in [0.1, 0.15) is 23.4 Å². The molecule has 0 aliphatic carbocycles. The summed E-state index contributed by atoms with van der Waals surface area (Å²) in [6.07, 6.45) is 3.28. The second-order valence-corrected chi connectivity index (χ2v) is 6.97. The number of aryl methyl sites for hydroxylation is 1. The molecule has 0 saturated heterocycles. The van der Waals surface area contributed by atoms with Crippen molar-refractivity contribution in [3.63, 3.8) is 0 Å². The van der Waals surface area contributed by atoms with Gasteiger partial charge in [0.05, 0.1) is 6.20 Å². The van der Waals surface area contributed by atoms with Crippen molar-refractivity contribution < 1.29 is 8.42 Å². The van der Waals surface area contributed by atoms with Crippen molar-refractivity contribution in [2.45, 2.75) is 24.1 Å². The highest BCUT2D eigenvalue weighted by Crippen LogP contribution is 2.22. The number of sulfonamides is 1. The van der Waals surface area contributed by atoms with Crippen molar-refractivity contribution in [2.24, 2.45) is 0 Å². The van der Waals surface area contributed by atoms with Crippen LogP contribution in [0.2, 0.25) is 0 Å². The number of hydrogen-bond donors (Lipinski definition) is 2. The molecule has 0 aliphatic heterocycles. The van der Waals surface area contributed by atoms with E-state index < -0.39 is 10.0 Å². The van der Waals surface area contributed by atoms with E-state index in [2.05, 4.69) is 14.9 Å². The molecule has 0 saturated carbocycles. The monoisotopic (exact) mass is 271 g/mol. The largest absolute Gasteiger partial charge is 0.285 e. The fourth-order valence-electron chi connectivity index (χ4n) is 1.41. The summed E-state index contributed by atoms with van der Waals surface area (Å²) in [6, 6.07) is 3.10. The molecule has 1 atom stereocenters. The van der Waals surface area contributed by atoms with Crippen LogP contribution in [0.15, 0.2) is 28.7 Å². The predicted octanol–water partition coefficient (Wildman–Crippen LogP) is 1.82. The Morgan fingerprint density at radius 1 is 1.47 bits per heavy atom. The second kappa shape index (κ2) is 4.59. The zero-order chi connectivity index (χ0) is 12.5. The van der Waals surface area contributed by atoms with Crippen LogP contribution in [0.5, 0.6) is 0 Å². The molecule has 2 aromatic heterocycles. The minimum Gasteiger partial charge on any atom is -0.285 e. The summed E-state index contributed by atoms with van der Waals surface area (Å²) in [4.78, 5) is 0.973. The van der Waals surface area contributed by atoms with Gasteiger partial charge in [0.2, 0.25) is 0 Å². The zero-order valence-electron chi connectivity index (χ0n) is 9.47. The zero-order valence-corrected chi connectivity index (χ0v) is 11.1. The standard InChI is InChI=1S/C10H13N3O2S2/c1-7-3-4-10(16-7)17(14,15)13-8(2)9-5-11-12-6-9/h3-6,8,13H,1-2H3,(H,11,12). The van der Waals surface area contributed by atoms with Gasteiger partial charge in [0.1, 0.15) is 4.21 Å². The number of hydrogen-bond acceptors (Lipinski definition) is 4. The summed E-state index contributed by atoms with van der Waals surface area (Å²) < 4.78 is 27.0. The van der Waals surface area contributed by atoms with Crippen LogP contribution in [0.4, 0.5) is 0 Å². The predicted molar refractivity (Wildman–Crippen MR) is 66.4 cm³/mol. The number of thiophene rings is 1. The molecule has 1 unspecified atom stereocenters. The highest BCUT2D eigenvalue weighted by Gasteiger charge is 2.20. The molecule has 17 heavy (non-hydrogen) atoms. The van der Waals surface area contributed by atoms with E-state index in [0.29, 0.717) is 4.21 Å². The molecule has 7 heteroatoms. The molecule has 0 radical (unpaired) electrons. The molecular weight excluding hydrogens is 258 g/mol.